The fourth-order valence-electron chi connectivity index (χ4n) is 4.19. The summed E-state index contributed by atoms with van der Waals surface area (Å²) in [5, 5.41) is 14.4. The highest BCUT2D eigenvalue weighted by atomic mass is 19.3. The minimum Gasteiger partial charge on any atom is -0.495 e. The lowest BCUT2D eigenvalue weighted by Gasteiger charge is -2.31. The van der Waals surface area contributed by atoms with E-state index in [2.05, 4.69) is 20.5 Å². The number of aromatic nitrogens is 1. The summed E-state index contributed by atoms with van der Waals surface area (Å²) in [6, 6.07) is 9.42. The predicted octanol–water partition coefficient (Wildman–Crippen LogP) is 4.91. The summed E-state index contributed by atoms with van der Waals surface area (Å²) in [7, 11) is 1.64. The molecule has 35 heavy (non-hydrogen) atoms. The number of piperazine rings is 1. The molecule has 1 saturated heterocycles. The molecule has 10 heteroatoms. The van der Waals surface area contributed by atoms with Gasteiger partial charge < -0.3 is 25.4 Å². The van der Waals surface area contributed by atoms with Gasteiger partial charge in [0.25, 0.3) is 12.9 Å². The summed E-state index contributed by atoms with van der Waals surface area (Å²) in [5.41, 5.74) is 2.87. The Kier molecular flexibility index (Phi) is 8.75. The number of pyridine rings is 1. The Morgan fingerprint density at radius 1 is 1.20 bits per heavy atom. The van der Waals surface area contributed by atoms with Gasteiger partial charge in [0.05, 0.1) is 29.9 Å². The molecule has 0 radical (unpaired) electrons. The summed E-state index contributed by atoms with van der Waals surface area (Å²) < 4.78 is 46.7. The smallest absolute Gasteiger partial charge is 0.290 e. The minimum atomic E-state index is -2.86. The van der Waals surface area contributed by atoms with Crippen molar-refractivity contribution < 1.29 is 27.8 Å². The molecular formula is C25H29F3N4O3. The Balaban J connectivity index is 0.00000108. The number of methoxy groups -OCH3 is 1. The molecule has 7 nitrogen and oxygen atoms in total. The van der Waals surface area contributed by atoms with Crippen molar-refractivity contribution in [1.82, 2.24) is 10.3 Å². The normalized spacial score (nSPS) is 14.3. The lowest BCUT2D eigenvalue weighted by atomic mass is 10.0. The summed E-state index contributed by atoms with van der Waals surface area (Å²) in [6.45, 7) is 6.86. The first-order chi connectivity index (χ1) is 16.8. The van der Waals surface area contributed by atoms with Crippen molar-refractivity contribution in [3.05, 3.63) is 59.0 Å². The van der Waals surface area contributed by atoms with Crippen molar-refractivity contribution in [3.63, 3.8) is 0 Å². The Bertz CT molecular complexity index is 1170. The van der Waals surface area contributed by atoms with Crippen molar-refractivity contribution >= 4 is 28.7 Å². The minimum absolute atomic E-state index is 0.196. The molecule has 0 saturated carbocycles. The predicted molar refractivity (Wildman–Crippen MR) is 130 cm³/mol. The number of nitrogens with one attached hydrogen (secondary N) is 2. The zero-order valence-electron chi connectivity index (χ0n) is 19.8. The lowest BCUT2D eigenvalue weighted by molar-refractivity contribution is -0.122. The Morgan fingerprint density at radius 2 is 1.86 bits per heavy atom. The summed E-state index contributed by atoms with van der Waals surface area (Å²) in [4.78, 5) is 15.3. The molecule has 3 aromatic rings. The van der Waals surface area contributed by atoms with Crippen molar-refractivity contribution in [3.8, 4) is 5.75 Å². The van der Waals surface area contributed by atoms with E-state index < -0.39 is 23.8 Å². The second-order valence-electron chi connectivity index (χ2n) is 8.11. The first kappa shape index (κ1) is 26.1. The number of ether oxygens (including phenoxy) is 1. The molecule has 2 aromatic carbocycles. The van der Waals surface area contributed by atoms with Gasteiger partial charge in [-0.2, -0.15) is 0 Å². The lowest BCUT2D eigenvalue weighted by Crippen LogP contribution is -2.43. The SMILES string of the molecule is COc1cc2nc(C)cc(NC(C)c3cccc(C(F)F)c3F)c2cc1N1CCNCC1.O=CO. The number of anilines is 2. The summed E-state index contributed by atoms with van der Waals surface area (Å²) >= 11 is 0. The third kappa shape index (κ3) is 5.94. The largest absolute Gasteiger partial charge is 0.495 e. The number of hydrogen-bond donors (Lipinski definition) is 3. The van der Waals surface area contributed by atoms with Gasteiger partial charge in [0.15, 0.2) is 0 Å². The second kappa shape index (κ2) is 11.7. The number of halogens is 3. The van der Waals surface area contributed by atoms with Crippen LogP contribution in [-0.4, -0.2) is 49.9 Å². The van der Waals surface area contributed by atoms with Crippen molar-refractivity contribution in [2.45, 2.75) is 26.3 Å². The average Bonchev–Trinajstić information content (AvgIpc) is 2.84. The van der Waals surface area contributed by atoms with Crippen LogP contribution in [0, 0.1) is 12.7 Å². The topological polar surface area (TPSA) is 86.7 Å². The summed E-state index contributed by atoms with van der Waals surface area (Å²) in [6.07, 6.45) is -2.86. The highest BCUT2D eigenvalue weighted by Gasteiger charge is 2.21. The standard InChI is InChI=1S/C24H27F3N4O.CH2O2/c1-14-11-19(30-15(2)16-5-4-6-17(23(16)25)24(26)27)18-12-21(31-9-7-28-8-10-31)22(32-3)13-20(18)29-14;2-1-3/h4-6,11-13,15,24,28H,7-10H2,1-3H3,(H,29,30);1H,(H,2,3). The van der Waals surface area contributed by atoms with E-state index in [1.54, 1.807) is 14.0 Å². The maximum absolute atomic E-state index is 14.7. The van der Waals surface area contributed by atoms with Gasteiger partial charge in [0.1, 0.15) is 11.6 Å². The molecule has 0 bridgehead atoms. The van der Waals surface area contributed by atoms with Crippen LogP contribution in [0.25, 0.3) is 10.9 Å². The van der Waals surface area contributed by atoms with Crippen molar-refractivity contribution in [1.29, 1.82) is 0 Å². The van der Waals surface area contributed by atoms with E-state index in [1.165, 1.54) is 12.1 Å². The first-order valence-electron chi connectivity index (χ1n) is 11.2. The van der Waals surface area contributed by atoms with Crippen LogP contribution >= 0.6 is 0 Å². The summed E-state index contributed by atoms with van der Waals surface area (Å²) in [5.74, 6) is -0.132. The Hall–Kier alpha value is -3.53. The molecule has 0 spiro atoms. The number of alkyl halides is 2. The molecule has 1 aliphatic rings. The van der Waals surface area contributed by atoms with Crippen LogP contribution in [-0.2, 0) is 4.79 Å². The number of fused-ring (bicyclic) bond motifs is 1. The highest BCUT2D eigenvalue weighted by Crippen LogP contribution is 2.37. The van der Waals surface area contributed by atoms with E-state index in [-0.39, 0.29) is 12.0 Å². The molecule has 1 aromatic heterocycles. The molecule has 2 heterocycles. The number of aryl methyl sites for hydroxylation is 1. The molecule has 0 amide bonds. The molecule has 3 N–H and O–H groups in total. The van der Waals surface area contributed by atoms with Gasteiger partial charge in [0.2, 0.25) is 0 Å². The third-order valence-electron chi connectivity index (χ3n) is 5.83. The van der Waals surface area contributed by atoms with Gasteiger partial charge in [-0.3, -0.25) is 9.78 Å². The number of rotatable bonds is 6. The van der Waals surface area contributed by atoms with Crippen molar-refractivity contribution in [2.75, 3.05) is 43.5 Å². The van der Waals surface area contributed by atoms with Gasteiger partial charge in [-0.1, -0.05) is 18.2 Å². The maximum Gasteiger partial charge on any atom is 0.290 e. The van der Waals surface area contributed by atoms with E-state index in [9.17, 15) is 13.2 Å². The first-order valence-corrected chi connectivity index (χ1v) is 11.2. The fraction of sp³-hybridized carbons (Fsp3) is 0.360. The van der Waals surface area contributed by atoms with Crippen LogP contribution in [0.3, 0.4) is 0 Å². The van der Waals surface area contributed by atoms with E-state index >= 15 is 0 Å². The zero-order valence-corrected chi connectivity index (χ0v) is 19.8. The maximum atomic E-state index is 14.7. The van der Waals surface area contributed by atoms with E-state index in [0.717, 1.165) is 66.0 Å². The number of hydrogen-bond acceptors (Lipinski definition) is 6. The van der Waals surface area contributed by atoms with Gasteiger partial charge in [-0.05, 0) is 26.0 Å². The fourth-order valence-corrected chi connectivity index (χ4v) is 4.19. The average molecular weight is 491 g/mol. The van der Waals surface area contributed by atoms with Gasteiger partial charge in [-0.25, -0.2) is 13.2 Å². The molecule has 1 atom stereocenters. The molecule has 4 rings (SSSR count). The van der Waals surface area contributed by atoms with Crippen LogP contribution < -0.4 is 20.3 Å². The Labute approximate surface area is 201 Å². The highest BCUT2D eigenvalue weighted by molar-refractivity contribution is 5.96. The Morgan fingerprint density at radius 3 is 2.49 bits per heavy atom. The van der Waals surface area contributed by atoms with E-state index in [4.69, 9.17) is 14.6 Å². The molecule has 188 valence electrons. The third-order valence-corrected chi connectivity index (χ3v) is 5.83. The molecule has 1 unspecified atom stereocenters. The monoisotopic (exact) mass is 490 g/mol. The van der Waals surface area contributed by atoms with Crippen LogP contribution in [0.4, 0.5) is 24.5 Å². The molecule has 0 aliphatic carbocycles. The number of benzene rings is 2. The van der Waals surface area contributed by atoms with Crippen LogP contribution in [0.5, 0.6) is 5.75 Å². The zero-order chi connectivity index (χ0) is 25.5. The number of carboxylic acid groups (broad SMARTS) is 1. The molecular weight excluding hydrogens is 461 g/mol. The van der Waals surface area contributed by atoms with Crippen LogP contribution in [0.2, 0.25) is 0 Å². The van der Waals surface area contributed by atoms with E-state index in [0.29, 0.717) is 0 Å². The van der Waals surface area contributed by atoms with Crippen LogP contribution in [0.15, 0.2) is 36.4 Å². The quantitative estimate of drug-likeness (QED) is 0.423. The number of nitrogens with zero attached hydrogens (tertiary/aromatic N) is 2. The van der Waals surface area contributed by atoms with E-state index in [1.807, 2.05) is 25.1 Å². The molecule has 1 fully saturated rings. The van der Waals surface area contributed by atoms with Gasteiger partial charge in [-0.15, -0.1) is 0 Å². The second-order valence-corrected chi connectivity index (χ2v) is 8.11. The molecule has 1 aliphatic heterocycles. The number of carbonyl (C=O) groups is 1. The van der Waals surface area contributed by atoms with Gasteiger partial charge >= 0.3 is 0 Å². The van der Waals surface area contributed by atoms with Crippen molar-refractivity contribution in [2.24, 2.45) is 0 Å². The van der Waals surface area contributed by atoms with Crippen LogP contribution in [0.1, 0.15) is 36.2 Å². The van der Waals surface area contributed by atoms with Gasteiger partial charge in [0, 0.05) is 54.6 Å².